The van der Waals surface area contributed by atoms with Crippen molar-refractivity contribution >= 4 is 75.5 Å². The van der Waals surface area contributed by atoms with Gasteiger partial charge >= 0.3 is 5.97 Å². The molecule has 0 unspecified atom stereocenters. The van der Waals surface area contributed by atoms with Gasteiger partial charge in [-0.15, -0.1) is 0 Å². The first-order chi connectivity index (χ1) is 14.7. The Labute approximate surface area is 211 Å². The van der Waals surface area contributed by atoms with Crippen LogP contribution in [-0.2, 0) is 9.53 Å². The molecule has 4 nitrogen and oxygen atoms in total. The Bertz CT molecular complexity index is 1070. The molecule has 0 spiro atoms. The number of benzene rings is 3. The molecule has 1 radical (unpaired) electrons. The van der Waals surface area contributed by atoms with Crippen LogP contribution in [0.2, 0.25) is 0 Å². The number of fused-ring (bicyclic) bond motifs is 2. The molecule has 0 bridgehead atoms. The summed E-state index contributed by atoms with van der Waals surface area (Å²) in [6, 6.07) is 20.9. The minimum Gasteiger partial charge on any atom is -0.480 e. The molecule has 0 aliphatic carbocycles. The van der Waals surface area contributed by atoms with Crippen molar-refractivity contribution in [3.05, 3.63) is 67.8 Å². The van der Waals surface area contributed by atoms with Crippen molar-refractivity contribution in [2.75, 3.05) is 6.61 Å². The number of hydrogen-bond donors (Lipinski definition) is 0. The molecule has 0 N–H and O–H groups in total. The highest BCUT2D eigenvalue weighted by atomic mass is 127. The van der Waals surface area contributed by atoms with Gasteiger partial charge in [-0.25, -0.2) is 4.79 Å². The van der Waals surface area contributed by atoms with E-state index in [0.717, 1.165) is 18.6 Å². The topological polar surface area (TPSA) is 44.8 Å². The summed E-state index contributed by atoms with van der Waals surface area (Å²) in [4.78, 5) is 12.1. The summed E-state index contributed by atoms with van der Waals surface area (Å²) in [7, 11) is -1.24. The van der Waals surface area contributed by atoms with Gasteiger partial charge in [0, 0.05) is 0 Å². The molecular weight excluding hydrogens is 634 g/mol. The predicted molar refractivity (Wildman–Crippen MR) is 141 cm³/mol. The van der Waals surface area contributed by atoms with E-state index in [1.54, 1.807) is 0 Å². The highest BCUT2D eigenvalue weighted by molar-refractivity contribution is 14.1. The smallest absolute Gasteiger partial charge is 0.344 e. The molecule has 1 aliphatic heterocycles. The second-order valence-corrected chi connectivity index (χ2v) is 12.8. The van der Waals surface area contributed by atoms with Crippen molar-refractivity contribution in [2.24, 2.45) is 0 Å². The van der Waals surface area contributed by atoms with E-state index in [1.807, 2.05) is 45.0 Å². The van der Waals surface area contributed by atoms with Crippen LogP contribution >= 0.6 is 45.2 Å². The van der Waals surface area contributed by atoms with Gasteiger partial charge < -0.3 is 14.2 Å². The Hall–Kier alpha value is -1.59. The van der Waals surface area contributed by atoms with Crippen molar-refractivity contribution in [1.82, 2.24) is 0 Å². The molecule has 159 valence electrons. The zero-order valence-corrected chi connectivity index (χ0v) is 22.7. The number of ether oxygens (including phenoxy) is 3. The maximum Gasteiger partial charge on any atom is 0.344 e. The van der Waals surface area contributed by atoms with Crippen LogP contribution in [0.15, 0.2) is 60.7 Å². The van der Waals surface area contributed by atoms with Crippen LogP contribution in [0.4, 0.5) is 0 Å². The number of halogens is 2. The zero-order chi connectivity index (χ0) is 22.2. The van der Waals surface area contributed by atoms with E-state index in [4.69, 9.17) is 14.2 Å². The normalized spacial score (nSPS) is 13.1. The minimum absolute atomic E-state index is 0.111. The van der Waals surface area contributed by atoms with E-state index >= 15 is 0 Å². The van der Waals surface area contributed by atoms with Crippen LogP contribution in [0.25, 0.3) is 0 Å². The number of carbonyl (C=O) groups excluding carboxylic acids is 1. The van der Waals surface area contributed by atoms with Crippen molar-refractivity contribution in [2.45, 2.75) is 26.4 Å². The lowest BCUT2D eigenvalue weighted by atomic mass is 10.2. The quantitative estimate of drug-likeness (QED) is 0.188. The third-order valence-corrected chi connectivity index (χ3v) is 8.95. The maximum absolute atomic E-state index is 12.1. The molecule has 0 saturated heterocycles. The number of rotatable bonds is 4. The monoisotopic (exact) mass is 655 g/mol. The fourth-order valence-corrected chi connectivity index (χ4v) is 8.89. The lowest BCUT2D eigenvalue weighted by Crippen LogP contribution is -2.55. The molecule has 0 fully saturated rings. The van der Waals surface area contributed by atoms with Gasteiger partial charge in [0.25, 0.3) is 0 Å². The summed E-state index contributed by atoms with van der Waals surface area (Å²) in [5, 5.41) is 3.73. The second kappa shape index (κ2) is 9.11. The summed E-state index contributed by atoms with van der Waals surface area (Å²) in [5.74, 6) is 2.19. The van der Waals surface area contributed by atoms with Gasteiger partial charge in [0.2, 0.25) is 0 Å². The Kier molecular flexibility index (Phi) is 6.64. The van der Waals surface area contributed by atoms with E-state index in [-0.39, 0.29) is 12.6 Å². The second-order valence-electron chi connectivity index (χ2n) is 8.11. The van der Waals surface area contributed by atoms with Crippen LogP contribution in [-0.4, -0.2) is 27.0 Å². The Morgan fingerprint density at radius 2 is 1.45 bits per heavy atom. The van der Waals surface area contributed by atoms with Crippen LogP contribution in [0.5, 0.6) is 17.2 Å². The van der Waals surface area contributed by atoms with Crippen LogP contribution in [0.1, 0.15) is 20.8 Å². The lowest BCUT2D eigenvalue weighted by molar-refractivity contribution is -0.157. The molecule has 0 amide bonds. The third kappa shape index (κ3) is 5.09. The van der Waals surface area contributed by atoms with Gasteiger partial charge in [0.05, 0.1) is 7.14 Å². The van der Waals surface area contributed by atoms with Crippen molar-refractivity contribution in [3.8, 4) is 17.2 Å². The van der Waals surface area contributed by atoms with Gasteiger partial charge in [0.15, 0.2) is 15.4 Å². The van der Waals surface area contributed by atoms with Crippen molar-refractivity contribution < 1.29 is 19.0 Å². The number of para-hydroxylation sites is 2. The fourth-order valence-electron chi connectivity index (χ4n) is 3.44. The third-order valence-electron chi connectivity index (χ3n) is 4.57. The first-order valence-corrected chi connectivity index (χ1v) is 13.5. The van der Waals surface area contributed by atoms with Crippen molar-refractivity contribution in [1.29, 1.82) is 0 Å². The molecule has 1 heterocycles. The van der Waals surface area contributed by atoms with Crippen LogP contribution in [0.3, 0.4) is 0 Å². The number of carbonyl (C=O) groups is 1. The molecule has 3 aromatic carbocycles. The van der Waals surface area contributed by atoms with E-state index in [2.05, 4.69) is 81.6 Å². The average molecular weight is 655 g/mol. The fraction of sp³-hybridized carbons (Fsp3) is 0.208. The molecule has 1 aliphatic rings. The zero-order valence-electron chi connectivity index (χ0n) is 17.4. The van der Waals surface area contributed by atoms with Gasteiger partial charge in [-0.2, -0.15) is 0 Å². The molecule has 7 heteroatoms. The molecule has 0 aromatic heterocycles. The highest BCUT2D eigenvalue weighted by Crippen LogP contribution is 2.29. The molecule has 31 heavy (non-hydrogen) atoms. The van der Waals surface area contributed by atoms with E-state index < -0.39 is 14.4 Å². The van der Waals surface area contributed by atoms with Gasteiger partial charge in [-0.1, -0.05) is 36.4 Å². The first kappa shape index (κ1) is 22.6. The summed E-state index contributed by atoms with van der Waals surface area (Å²) in [6.45, 7) is 5.43. The lowest BCUT2D eigenvalue weighted by Gasteiger charge is -2.27. The van der Waals surface area contributed by atoms with Crippen LogP contribution < -0.4 is 25.0 Å². The Morgan fingerprint density at radius 1 is 0.935 bits per heavy atom. The molecule has 3 aromatic rings. The highest BCUT2D eigenvalue weighted by Gasteiger charge is 2.31. The summed E-state index contributed by atoms with van der Waals surface area (Å²) >= 11 is 4.57. The average Bonchev–Trinajstić information content (AvgIpc) is 2.70. The number of hydrogen-bond acceptors (Lipinski definition) is 4. The van der Waals surface area contributed by atoms with Gasteiger partial charge in [0.1, 0.15) is 22.8 Å². The van der Waals surface area contributed by atoms with Gasteiger partial charge in [-0.05, 0) is 106 Å². The van der Waals surface area contributed by atoms with E-state index in [9.17, 15) is 4.79 Å². The van der Waals surface area contributed by atoms with Crippen molar-refractivity contribution in [3.63, 3.8) is 0 Å². The Balaban J connectivity index is 1.67. The minimum atomic E-state index is -1.24. The van der Waals surface area contributed by atoms with Gasteiger partial charge in [-0.3, -0.25) is 0 Å². The first-order valence-electron chi connectivity index (χ1n) is 9.80. The maximum atomic E-state index is 12.1. The van der Waals surface area contributed by atoms with Crippen LogP contribution in [0, 0.1) is 7.14 Å². The molecule has 0 saturated carbocycles. The number of esters is 1. The summed E-state index contributed by atoms with van der Waals surface area (Å²) < 4.78 is 19.3. The Morgan fingerprint density at radius 3 is 1.97 bits per heavy atom. The summed E-state index contributed by atoms with van der Waals surface area (Å²) in [6.07, 6.45) is 0. The molecular formula is C24H21I2O4Si. The van der Waals surface area contributed by atoms with E-state index in [1.165, 1.54) is 15.6 Å². The molecule has 0 atom stereocenters. The standard InChI is InChI=1S/C24H21I2O4Si/c1-24(2,3)30-22(27)14-28-23-16(25)12-15(13-17(23)26)31-20-10-6-4-8-18(20)29-19-9-5-7-11-21(19)31/h4-13H,14H2,1-3H3. The summed E-state index contributed by atoms with van der Waals surface area (Å²) in [5.41, 5.74) is -0.529. The SMILES string of the molecule is CC(C)(C)OC(=O)COc1c(I)cc([Si]2c3ccccc3Oc3ccccc32)cc1I. The predicted octanol–water partition coefficient (Wildman–Crippen LogP) is 4.24. The molecule has 4 rings (SSSR count). The van der Waals surface area contributed by atoms with E-state index in [0.29, 0.717) is 5.75 Å². The largest absolute Gasteiger partial charge is 0.480 e.